The van der Waals surface area contributed by atoms with E-state index in [1.165, 1.54) is 18.5 Å². The Bertz CT molecular complexity index is 707. The molecular weight excluding hydrogens is 406 g/mol. The number of carboxylic acids is 1. The van der Waals surface area contributed by atoms with Crippen molar-refractivity contribution in [2.45, 2.75) is 0 Å². The Hall–Kier alpha value is -1.93. The number of halogens is 2. The Morgan fingerprint density at radius 2 is 1.86 bits per heavy atom. The van der Waals surface area contributed by atoms with Crippen LogP contribution in [0.15, 0.2) is 45.6 Å². The molecule has 0 spiro atoms. The highest BCUT2D eigenvalue weighted by atomic mass is 79.9. The zero-order valence-corrected chi connectivity index (χ0v) is 13.6. The highest BCUT2D eigenvalue weighted by Gasteiger charge is 2.08. The summed E-state index contributed by atoms with van der Waals surface area (Å²) < 4.78 is 1.59. The predicted octanol–water partition coefficient (Wildman–Crippen LogP) is 3.95. The number of urea groups is 1. The van der Waals surface area contributed by atoms with Gasteiger partial charge in [-0.25, -0.2) is 9.59 Å². The third-order valence-electron chi connectivity index (χ3n) is 2.42. The van der Waals surface area contributed by atoms with Gasteiger partial charge in [-0.1, -0.05) is 15.9 Å². The first kappa shape index (κ1) is 15.5. The third-order valence-corrected chi connectivity index (χ3v) is 3.57. The van der Waals surface area contributed by atoms with E-state index < -0.39 is 12.0 Å². The average Bonchev–Trinajstić information content (AvgIpc) is 2.42. The standard InChI is InChI=1S/C13H9Br2N3O3/c14-8-1-2-11(10(15)4-8)18-13(21)17-9-3-7(12(19)20)5-16-6-9/h1-6H,(H,19,20)(H2,17,18,21). The molecule has 0 bridgehead atoms. The van der Waals surface area contributed by atoms with Crippen LogP contribution in [0.1, 0.15) is 10.4 Å². The van der Waals surface area contributed by atoms with Crippen molar-refractivity contribution in [2.75, 3.05) is 10.6 Å². The van der Waals surface area contributed by atoms with Crippen LogP contribution in [0.2, 0.25) is 0 Å². The molecule has 0 atom stereocenters. The number of rotatable bonds is 3. The molecule has 108 valence electrons. The molecule has 2 amide bonds. The van der Waals surface area contributed by atoms with Crippen LogP contribution in [0.25, 0.3) is 0 Å². The maximum absolute atomic E-state index is 11.9. The lowest BCUT2D eigenvalue weighted by Gasteiger charge is -2.09. The van der Waals surface area contributed by atoms with E-state index in [2.05, 4.69) is 47.5 Å². The molecule has 0 fully saturated rings. The van der Waals surface area contributed by atoms with Gasteiger partial charge in [0, 0.05) is 15.1 Å². The second-order valence-electron chi connectivity index (χ2n) is 3.97. The fourth-order valence-electron chi connectivity index (χ4n) is 1.50. The van der Waals surface area contributed by atoms with Gasteiger partial charge in [0.2, 0.25) is 0 Å². The highest BCUT2D eigenvalue weighted by molar-refractivity contribution is 9.11. The molecule has 0 radical (unpaired) electrons. The number of hydrogen-bond acceptors (Lipinski definition) is 3. The van der Waals surface area contributed by atoms with Crippen molar-refractivity contribution in [1.29, 1.82) is 0 Å². The van der Waals surface area contributed by atoms with Gasteiger partial charge >= 0.3 is 12.0 Å². The largest absolute Gasteiger partial charge is 0.478 e. The second kappa shape index (κ2) is 6.68. The van der Waals surface area contributed by atoms with Gasteiger partial charge in [-0.05, 0) is 40.2 Å². The summed E-state index contributed by atoms with van der Waals surface area (Å²) in [5.41, 5.74) is 0.872. The van der Waals surface area contributed by atoms with Crippen molar-refractivity contribution in [3.63, 3.8) is 0 Å². The number of amides is 2. The molecule has 0 aliphatic rings. The van der Waals surface area contributed by atoms with Gasteiger partial charge < -0.3 is 15.7 Å². The number of nitrogens with one attached hydrogen (secondary N) is 2. The molecule has 1 heterocycles. The number of anilines is 2. The number of carboxylic acid groups (broad SMARTS) is 1. The zero-order chi connectivity index (χ0) is 15.4. The zero-order valence-electron chi connectivity index (χ0n) is 10.4. The van der Waals surface area contributed by atoms with E-state index in [1.54, 1.807) is 18.2 Å². The first-order valence-electron chi connectivity index (χ1n) is 5.67. The van der Waals surface area contributed by atoms with Crippen molar-refractivity contribution < 1.29 is 14.7 Å². The molecule has 0 aliphatic carbocycles. The lowest BCUT2D eigenvalue weighted by molar-refractivity contribution is 0.0696. The number of pyridine rings is 1. The van der Waals surface area contributed by atoms with E-state index in [0.29, 0.717) is 15.8 Å². The summed E-state index contributed by atoms with van der Waals surface area (Å²) in [6.45, 7) is 0. The van der Waals surface area contributed by atoms with E-state index in [-0.39, 0.29) is 5.56 Å². The Morgan fingerprint density at radius 1 is 1.10 bits per heavy atom. The molecule has 1 aromatic carbocycles. The van der Waals surface area contributed by atoms with Crippen LogP contribution < -0.4 is 10.6 Å². The SMILES string of the molecule is O=C(Nc1cncc(C(=O)O)c1)Nc1ccc(Br)cc1Br. The number of hydrogen-bond donors (Lipinski definition) is 3. The quantitative estimate of drug-likeness (QED) is 0.709. The molecule has 2 rings (SSSR count). The molecule has 6 nitrogen and oxygen atoms in total. The van der Waals surface area contributed by atoms with Crippen LogP contribution in [0, 0.1) is 0 Å². The minimum Gasteiger partial charge on any atom is -0.478 e. The minimum absolute atomic E-state index is 0.00220. The van der Waals surface area contributed by atoms with E-state index in [4.69, 9.17) is 5.11 Å². The van der Waals surface area contributed by atoms with Crippen molar-refractivity contribution in [3.8, 4) is 0 Å². The lowest BCUT2D eigenvalue weighted by atomic mass is 10.2. The van der Waals surface area contributed by atoms with Crippen LogP contribution >= 0.6 is 31.9 Å². The number of carbonyl (C=O) groups is 2. The van der Waals surface area contributed by atoms with Crippen LogP contribution in [0.3, 0.4) is 0 Å². The van der Waals surface area contributed by atoms with Crippen LogP contribution in [-0.4, -0.2) is 22.1 Å². The van der Waals surface area contributed by atoms with Gasteiger partial charge in [0.15, 0.2) is 0 Å². The van der Waals surface area contributed by atoms with Gasteiger partial charge in [0.1, 0.15) is 0 Å². The van der Waals surface area contributed by atoms with E-state index >= 15 is 0 Å². The van der Waals surface area contributed by atoms with Gasteiger partial charge in [0.25, 0.3) is 0 Å². The predicted molar refractivity (Wildman–Crippen MR) is 85.7 cm³/mol. The van der Waals surface area contributed by atoms with Crippen LogP contribution in [0.5, 0.6) is 0 Å². The van der Waals surface area contributed by atoms with E-state index in [9.17, 15) is 9.59 Å². The monoisotopic (exact) mass is 413 g/mol. The summed E-state index contributed by atoms with van der Waals surface area (Å²) in [6.07, 6.45) is 2.57. The lowest BCUT2D eigenvalue weighted by Crippen LogP contribution is -2.20. The summed E-state index contributed by atoms with van der Waals surface area (Å²) in [7, 11) is 0. The molecule has 0 saturated heterocycles. The molecule has 21 heavy (non-hydrogen) atoms. The van der Waals surface area contributed by atoms with Gasteiger partial charge in [0.05, 0.1) is 23.1 Å². The van der Waals surface area contributed by atoms with E-state index in [0.717, 1.165) is 4.47 Å². The van der Waals surface area contributed by atoms with Crippen molar-refractivity contribution in [3.05, 3.63) is 51.2 Å². The van der Waals surface area contributed by atoms with E-state index in [1.807, 2.05) is 0 Å². The van der Waals surface area contributed by atoms with Gasteiger partial charge in [-0.3, -0.25) is 4.98 Å². The number of carbonyl (C=O) groups excluding carboxylic acids is 1. The molecule has 1 aromatic heterocycles. The summed E-state index contributed by atoms with van der Waals surface area (Å²) >= 11 is 6.64. The first-order valence-corrected chi connectivity index (χ1v) is 7.25. The molecule has 8 heteroatoms. The number of nitrogens with zero attached hydrogens (tertiary/aromatic N) is 1. The number of aromatic nitrogens is 1. The first-order chi connectivity index (χ1) is 9.95. The van der Waals surface area contributed by atoms with Crippen molar-refractivity contribution in [2.24, 2.45) is 0 Å². The Balaban J connectivity index is 2.08. The summed E-state index contributed by atoms with van der Waals surface area (Å²) in [5, 5.41) is 14.0. The highest BCUT2D eigenvalue weighted by Crippen LogP contribution is 2.26. The van der Waals surface area contributed by atoms with Crippen molar-refractivity contribution in [1.82, 2.24) is 4.98 Å². The average molecular weight is 415 g/mol. The minimum atomic E-state index is -1.11. The Kier molecular flexibility index (Phi) is 4.92. The number of aromatic carboxylic acids is 1. The Labute approximate surface area is 136 Å². The van der Waals surface area contributed by atoms with Crippen LogP contribution in [-0.2, 0) is 0 Å². The summed E-state index contributed by atoms with van der Waals surface area (Å²) in [4.78, 5) is 26.5. The topological polar surface area (TPSA) is 91.3 Å². The molecule has 0 saturated carbocycles. The summed E-state index contributed by atoms with van der Waals surface area (Å²) in [6, 6.07) is 6.13. The second-order valence-corrected chi connectivity index (χ2v) is 5.74. The maximum atomic E-state index is 11.9. The van der Waals surface area contributed by atoms with Gasteiger partial charge in [-0.2, -0.15) is 0 Å². The number of benzene rings is 1. The molecule has 3 N–H and O–H groups in total. The normalized spacial score (nSPS) is 10.0. The molecule has 2 aromatic rings. The summed E-state index contributed by atoms with van der Waals surface area (Å²) in [5.74, 6) is -1.11. The van der Waals surface area contributed by atoms with Crippen LogP contribution in [0.4, 0.5) is 16.2 Å². The Morgan fingerprint density at radius 3 is 2.52 bits per heavy atom. The fraction of sp³-hybridized carbons (Fsp3) is 0. The van der Waals surface area contributed by atoms with Crippen molar-refractivity contribution >= 4 is 55.2 Å². The fourth-order valence-corrected chi connectivity index (χ4v) is 2.65. The molecule has 0 aliphatic heterocycles. The molecule has 0 unspecified atom stereocenters. The van der Waals surface area contributed by atoms with Gasteiger partial charge in [-0.15, -0.1) is 0 Å². The third kappa shape index (κ3) is 4.27. The smallest absolute Gasteiger partial charge is 0.337 e. The maximum Gasteiger partial charge on any atom is 0.337 e. The molecular formula is C13H9Br2N3O3.